The van der Waals surface area contributed by atoms with Crippen molar-refractivity contribution in [2.75, 3.05) is 0 Å². The second kappa shape index (κ2) is 3.90. The fourth-order valence-corrected chi connectivity index (χ4v) is 0.161. The van der Waals surface area contributed by atoms with Crippen molar-refractivity contribution < 1.29 is 10.0 Å². The molecule has 1 amide bonds. The lowest BCUT2D eigenvalue weighted by Gasteiger charge is -1.82. The van der Waals surface area contributed by atoms with Gasteiger partial charge in [-0.3, -0.25) is 10.0 Å². The number of allylic oxidation sites excluding steroid dienone is 1. The fourth-order valence-electron chi connectivity index (χ4n) is 0.161. The number of amides is 1. The molecule has 0 aliphatic rings. The fraction of sp³-hybridized carbons (Fsp3) is 0. The van der Waals surface area contributed by atoms with Gasteiger partial charge in [0.1, 0.15) is 0 Å². The van der Waals surface area contributed by atoms with Gasteiger partial charge in [-0.1, -0.05) is 5.92 Å². The lowest BCUT2D eigenvalue weighted by atomic mass is 10.5. The first kappa shape index (κ1) is 6.73. The zero-order chi connectivity index (χ0) is 6.41. The third-order valence-electron chi connectivity index (χ3n) is 0.441. The van der Waals surface area contributed by atoms with Crippen LogP contribution in [-0.2, 0) is 4.79 Å². The van der Waals surface area contributed by atoms with Gasteiger partial charge in [0.25, 0.3) is 5.91 Å². The van der Waals surface area contributed by atoms with E-state index < -0.39 is 5.91 Å². The highest BCUT2D eigenvalue weighted by atomic mass is 16.5. The van der Waals surface area contributed by atoms with Crippen LogP contribution in [-0.4, -0.2) is 11.1 Å². The summed E-state index contributed by atoms with van der Waals surface area (Å²) in [6.07, 6.45) is 6.96. The van der Waals surface area contributed by atoms with Crippen LogP contribution in [0, 0.1) is 12.3 Å². The van der Waals surface area contributed by atoms with Crippen LogP contribution in [0.15, 0.2) is 12.2 Å². The monoisotopic (exact) mass is 111 g/mol. The molecule has 0 aromatic rings. The molecular formula is C5H5NO2. The van der Waals surface area contributed by atoms with Crippen LogP contribution in [0.3, 0.4) is 0 Å². The van der Waals surface area contributed by atoms with Gasteiger partial charge in [-0.25, -0.2) is 5.48 Å². The number of carbonyl (C=O) groups is 1. The standard InChI is InChI=1S/C5H5NO2/c1-2-3-4-5(7)6-8/h1,3-4,8H,(H,6,7). The van der Waals surface area contributed by atoms with Crippen LogP contribution in [0.4, 0.5) is 0 Å². The van der Waals surface area contributed by atoms with E-state index in [0.29, 0.717) is 0 Å². The molecule has 0 saturated heterocycles. The molecule has 3 nitrogen and oxygen atoms in total. The minimum absolute atomic E-state index is 0.622. The third kappa shape index (κ3) is 2.94. The lowest BCUT2D eigenvalue weighted by Crippen LogP contribution is -2.14. The topological polar surface area (TPSA) is 49.3 Å². The second-order valence-corrected chi connectivity index (χ2v) is 0.976. The van der Waals surface area contributed by atoms with Crippen LogP contribution in [0.2, 0.25) is 0 Å². The first-order valence-electron chi connectivity index (χ1n) is 1.88. The maximum absolute atomic E-state index is 10.0. The highest BCUT2D eigenvalue weighted by Gasteiger charge is 1.84. The number of hydrogen-bond donors (Lipinski definition) is 2. The zero-order valence-electron chi connectivity index (χ0n) is 4.09. The summed E-state index contributed by atoms with van der Waals surface area (Å²) in [5.41, 5.74) is 1.38. The third-order valence-corrected chi connectivity index (χ3v) is 0.441. The Balaban J connectivity index is 3.57. The van der Waals surface area contributed by atoms with Gasteiger partial charge in [-0.2, -0.15) is 0 Å². The Labute approximate surface area is 47.0 Å². The Kier molecular flexibility index (Phi) is 3.28. The summed E-state index contributed by atoms with van der Waals surface area (Å²) in [7, 11) is 0. The summed E-state index contributed by atoms with van der Waals surface area (Å²) in [5, 5.41) is 7.84. The molecule has 0 aliphatic carbocycles. The Hall–Kier alpha value is -1.27. The first-order valence-corrected chi connectivity index (χ1v) is 1.88. The summed E-state index contributed by atoms with van der Waals surface area (Å²) >= 11 is 0. The van der Waals surface area contributed by atoms with Crippen molar-refractivity contribution in [2.24, 2.45) is 0 Å². The Morgan fingerprint density at radius 2 is 2.50 bits per heavy atom. The Morgan fingerprint density at radius 1 is 1.88 bits per heavy atom. The number of hydrogen-bond acceptors (Lipinski definition) is 2. The maximum atomic E-state index is 10.0. The summed E-state index contributed by atoms with van der Waals surface area (Å²) < 4.78 is 0. The molecule has 8 heavy (non-hydrogen) atoms. The van der Waals surface area contributed by atoms with Crippen molar-refractivity contribution in [3.8, 4) is 12.3 Å². The molecule has 0 aliphatic heterocycles. The van der Waals surface area contributed by atoms with Crippen molar-refractivity contribution in [3.63, 3.8) is 0 Å². The van der Waals surface area contributed by atoms with Crippen LogP contribution >= 0.6 is 0 Å². The van der Waals surface area contributed by atoms with Gasteiger partial charge < -0.3 is 0 Å². The summed E-state index contributed by atoms with van der Waals surface area (Å²) in [5.74, 6) is 1.46. The zero-order valence-corrected chi connectivity index (χ0v) is 4.09. The quantitative estimate of drug-likeness (QED) is 0.211. The van der Waals surface area contributed by atoms with Gasteiger partial charge >= 0.3 is 0 Å². The number of rotatable bonds is 1. The molecule has 0 saturated carbocycles. The normalized spacial score (nSPS) is 8.50. The Bertz CT molecular complexity index is 143. The number of carbonyl (C=O) groups excluding carboxylic acids is 1. The number of hydroxylamine groups is 1. The number of nitrogens with one attached hydrogen (secondary N) is 1. The molecule has 0 spiro atoms. The number of terminal acetylenes is 1. The van der Waals surface area contributed by atoms with E-state index in [1.165, 1.54) is 11.6 Å². The van der Waals surface area contributed by atoms with Crippen molar-refractivity contribution in [1.82, 2.24) is 5.48 Å². The Morgan fingerprint density at radius 3 is 2.88 bits per heavy atom. The molecular weight excluding hydrogens is 106 g/mol. The van der Waals surface area contributed by atoms with E-state index in [1.54, 1.807) is 0 Å². The predicted octanol–water partition coefficient (Wildman–Crippen LogP) is -0.319. The van der Waals surface area contributed by atoms with E-state index in [1.807, 2.05) is 0 Å². The molecule has 2 N–H and O–H groups in total. The molecule has 0 rings (SSSR count). The van der Waals surface area contributed by atoms with E-state index in [4.69, 9.17) is 11.6 Å². The predicted molar refractivity (Wildman–Crippen MR) is 27.9 cm³/mol. The van der Waals surface area contributed by atoms with E-state index >= 15 is 0 Å². The minimum Gasteiger partial charge on any atom is -0.288 e. The van der Waals surface area contributed by atoms with Crippen LogP contribution in [0.1, 0.15) is 0 Å². The van der Waals surface area contributed by atoms with Gasteiger partial charge in [-0.05, 0) is 6.08 Å². The summed E-state index contributed by atoms with van der Waals surface area (Å²) in [4.78, 5) is 10.0. The molecule has 0 aromatic carbocycles. The molecule has 0 unspecified atom stereocenters. The SMILES string of the molecule is C#CC=CC(=O)NO. The van der Waals surface area contributed by atoms with Crippen LogP contribution < -0.4 is 5.48 Å². The van der Waals surface area contributed by atoms with Crippen LogP contribution in [0.5, 0.6) is 0 Å². The molecule has 0 radical (unpaired) electrons. The molecule has 0 bridgehead atoms. The molecule has 0 atom stereocenters. The van der Waals surface area contributed by atoms with Crippen molar-refractivity contribution in [3.05, 3.63) is 12.2 Å². The highest BCUT2D eigenvalue weighted by molar-refractivity contribution is 5.86. The maximum Gasteiger partial charge on any atom is 0.267 e. The van der Waals surface area contributed by atoms with E-state index in [-0.39, 0.29) is 0 Å². The summed E-state index contributed by atoms with van der Waals surface area (Å²) in [6.45, 7) is 0. The van der Waals surface area contributed by atoms with Gasteiger partial charge in [0.05, 0.1) is 0 Å². The van der Waals surface area contributed by atoms with Crippen molar-refractivity contribution >= 4 is 5.91 Å². The average Bonchev–Trinajstić information content (AvgIpc) is 1.83. The van der Waals surface area contributed by atoms with E-state index in [2.05, 4.69) is 5.92 Å². The highest BCUT2D eigenvalue weighted by Crippen LogP contribution is 1.66. The van der Waals surface area contributed by atoms with E-state index in [9.17, 15) is 4.79 Å². The largest absolute Gasteiger partial charge is 0.288 e. The van der Waals surface area contributed by atoms with Gasteiger partial charge in [-0.15, -0.1) is 6.42 Å². The minimum atomic E-state index is -0.622. The van der Waals surface area contributed by atoms with Gasteiger partial charge in [0.15, 0.2) is 0 Å². The van der Waals surface area contributed by atoms with Gasteiger partial charge in [0.2, 0.25) is 0 Å². The smallest absolute Gasteiger partial charge is 0.267 e. The van der Waals surface area contributed by atoms with Crippen LogP contribution in [0.25, 0.3) is 0 Å². The first-order chi connectivity index (χ1) is 3.81. The average molecular weight is 111 g/mol. The molecule has 42 valence electrons. The van der Waals surface area contributed by atoms with Gasteiger partial charge in [0, 0.05) is 6.08 Å². The lowest BCUT2D eigenvalue weighted by molar-refractivity contribution is -0.124. The molecule has 0 fully saturated rings. The molecule has 0 aromatic heterocycles. The van der Waals surface area contributed by atoms with Crippen molar-refractivity contribution in [1.29, 1.82) is 0 Å². The molecule has 0 heterocycles. The summed E-state index contributed by atoms with van der Waals surface area (Å²) in [6, 6.07) is 0. The van der Waals surface area contributed by atoms with E-state index in [0.717, 1.165) is 6.08 Å². The second-order valence-electron chi connectivity index (χ2n) is 0.976. The molecule has 3 heteroatoms. The van der Waals surface area contributed by atoms with Crippen molar-refractivity contribution in [2.45, 2.75) is 0 Å².